The summed E-state index contributed by atoms with van der Waals surface area (Å²) in [7, 11) is 0. The Labute approximate surface area is 273 Å². The van der Waals surface area contributed by atoms with Crippen LogP contribution in [-0.2, 0) is 19.8 Å². The van der Waals surface area contributed by atoms with E-state index in [1.807, 2.05) is 30.3 Å². The smallest absolute Gasteiger partial charge is 0.261 e. The second kappa shape index (κ2) is 15.4. The van der Waals surface area contributed by atoms with Gasteiger partial charge in [0.2, 0.25) is 5.91 Å². The van der Waals surface area contributed by atoms with E-state index in [1.54, 1.807) is 48.6 Å². The Morgan fingerprint density at radius 1 is 0.870 bits per heavy atom. The first-order valence-electron chi connectivity index (χ1n) is 14.6. The lowest BCUT2D eigenvalue weighted by atomic mass is 9.84. The van der Waals surface area contributed by atoms with E-state index in [1.165, 1.54) is 18.2 Å². The van der Waals surface area contributed by atoms with Crippen molar-refractivity contribution in [1.29, 1.82) is 10.5 Å². The van der Waals surface area contributed by atoms with Gasteiger partial charge in [0.05, 0.1) is 23.3 Å². The van der Waals surface area contributed by atoms with Crippen LogP contribution in [0.3, 0.4) is 0 Å². The van der Waals surface area contributed by atoms with Crippen molar-refractivity contribution in [2.24, 2.45) is 0 Å². The molecule has 0 aliphatic carbocycles. The molecule has 0 radical (unpaired) electrons. The van der Waals surface area contributed by atoms with Gasteiger partial charge in [-0.1, -0.05) is 56.3 Å². The fraction of sp³-hybridized carbons (Fsp3) is 0.194. The van der Waals surface area contributed by atoms with Gasteiger partial charge < -0.3 is 20.9 Å². The number of alkyl halides is 1. The van der Waals surface area contributed by atoms with Crippen molar-refractivity contribution in [3.63, 3.8) is 0 Å². The third kappa shape index (κ3) is 8.09. The first kappa shape index (κ1) is 33.3. The number of nitriles is 2. The molecule has 0 bridgehead atoms. The van der Waals surface area contributed by atoms with Crippen molar-refractivity contribution in [2.45, 2.75) is 25.7 Å². The Morgan fingerprint density at radius 2 is 1.48 bits per heavy atom. The molecule has 3 amide bonds. The summed E-state index contributed by atoms with van der Waals surface area (Å²) in [5, 5.41) is 26.7. The van der Waals surface area contributed by atoms with Crippen LogP contribution in [0.5, 0.6) is 0 Å². The molecule has 3 aromatic carbocycles. The number of anilines is 3. The normalized spacial score (nSPS) is 13.8. The van der Waals surface area contributed by atoms with E-state index in [-0.39, 0.29) is 22.8 Å². The van der Waals surface area contributed by atoms with Gasteiger partial charge in [-0.15, -0.1) is 11.6 Å². The quantitative estimate of drug-likeness (QED) is 0.0599. The number of hydrogen-bond donors (Lipinski definition) is 3. The summed E-state index contributed by atoms with van der Waals surface area (Å²) in [6.45, 7) is 5.40. The maximum absolute atomic E-state index is 13.4. The van der Waals surface area contributed by atoms with Gasteiger partial charge >= 0.3 is 0 Å². The summed E-state index contributed by atoms with van der Waals surface area (Å²) >= 11 is 5.61. The lowest BCUT2D eigenvalue weighted by Crippen LogP contribution is -2.31. The van der Waals surface area contributed by atoms with Crippen LogP contribution in [-0.4, -0.2) is 36.7 Å². The minimum atomic E-state index is -0.671. The van der Waals surface area contributed by atoms with E-state index in [9.17, 15) is 24.9 Å². The molecule has 46 heavy (non-hydrogen) atoms. The lowest BCUT2D eigenvalue weighted by Gasteiger charge is -2.27. The third-order valence-corrected chi connectivity index (χ3v) is 7.66. The van der Waals surface area contributed by atoms with Gasteiger partial charge in [-0.05, 0) is 66.6 Å². The molecule has 10 heteroatoms. The molecule has 3 N–H and O–H groups in total. The van der Waals surface area contributed by atoms with Crippen LogP contribution in [0.4, 0.5) is 17.1 Å². The summed E-state index contributed by atoms with van der Waals surface area (Å²) in [6.07, 6.45) is 7.47. The molecular formula is C36H33ClN6O3. The highest BCUT2D eigenvalue weighted by molar-refractivity contribution is 6.27. The minimum absolute atomic E-state index is 0.0837. The molecule has 232 valence electrons. The Morgan fingerprint density at radius 3 is 2.07 bits per heavy atom. The average molecular weight is 633 g/mol. The number of benzene rings is 3. The standard InChI is InChI=1S/C36H33ClN6O3/c1-36(2)30-15-4-5-16-31(30)43(19-9-18-40-33(44)22-37)32(36)17-6-3-14-29(34(45)41-27-12-7-10-25(20-27)23-38)35(46)42-28-13-8-11-26(21-28)24-39/h3-8,10-17,20-21H,9,18-19,22H2,1-2H3,(H,40,44)(H,41,45)(H,42,46)/b6-3+,32-17+. The average Bonchev–Trinajstić information content (AvgIpc) is 3.27. The SMILES string of the molecule is CC1(C)/C(=C\C=C\C=C(C(=O)Nc2cccc(C#N)c2)C(=O)Nc2cccc(C#N)c2)N(CCCNC(=O)CCl)c2ccccc21. The van der Waals surface area contributed by atoms with Crippen LogP contribution in [0.15, 0.2) is 108 Å². The van der Waals surface area contributed by atoms with Crippen LogP contribution < -0.4 is 20.9 Å². The van der Waals surface area contributed by atoms with Crippen molar-refractivity contribution in [2.75, 3.05) is 34.5 Å². The molecule has 9 nitrogen and oxygen atoms in total. The molecule has 0 spiro atoms. The zero-order chi connectivity index (χ0) is 33.1. The Balaban J connectivity index is 1.62. The summed E-state index contributed by atoms with van der Waals surface area (Å²) in [5.74, 6) is -1.64. The maximum atomic E-state index is 13.4. The predicted octanol–water partition coefficient (Wildman–Crippen LogP) is 5.92. The summed E-state index contributed by atoms with van der Waals surface area (Å²) in [4.78, 5) is 40.5. The number of halogens is 1. The molecule has 0 aromatic heterocycles. The van der Waals surface area contributed by atoms with Crippen molar-refractivity contribution in [3.8, 4) is 12.1 Å². The van der Waals surface area contributed by atoms with E-state index >= 15 is 0 Å². The van der Waals surface area contributed by atoms with Gasteiger partial charge in [0, 0.05) is 41.3 Å². The van der Waals surface area contributed by atoms with Crippen LogP contribution in [0.1, 0.15) is 37.0 Å². The Hall–Kier alpha value is -5.64. The molecule has 0 atom stereocenters. The molecule has 1 aliphatic heterocycles. The number of carbonyl (C=O) groups is 3. The fourth-order valence-corrected chi connectivity index (χ4v) is 5.27. The zero-order valence-electron chi connectivity index (χ0n) is 25.5. The number of allylic oxidation sites excluding steroid dienone is 5. The highest BCUT2D eigenvalue weighted by atomic mass is 35.5. The molecule has 0 saturated heterocycles. The second-order valence-electron chi connectivity index (χ2n) is 10.9. The van der Waals surface area contributed by atoms with Gasteiger partial charge in [-0.2, -0.15) is 10.5 Å². The molecule has 0 fully saturated rings. The maximum Gasteiger partial charge on any atom is 0.261 e. The number of fused-ring (bicyclic) bond motifs is 1. The molecule has 3 aromatic rings. The number of amides is 3. The lowest BCUT2D eigenvalue weighted by molar-refractivity contribution is -0.119. The van der Waals surface area contributed by atoms with Crippen LogP contribution in [0, 0.1) is 22.7 Å². The molecule has 0 unspecified atom stereocenters. The molecule has 1 heterocycles. The summed E-state index contributed by atoms with van der Waals surface area (Å²) in [5.41, 5.74) is 4.18. The van der Waals surface area contributed by atoms with Crippen LogP contribution >= 0.6 is 11.6 Å². The second-order valence-corrected chi connectivity index (χ2v) is 11.2. The number of nitrogens with one attached hydrogen (secondary N) is 3. The van der Waals surface area contributed by atoms with E-state index < -0.39 is 11.8 Å². The van der Waals surface area contributed by atoms with Gasteiger partial charge in [-0.3, -0.25) is 14.4 Å². The van der Waals surface area contributed by atoms with E-state index in [2.05, 4.69) is 46.8 Å². The van der Waals surface area contributed by atoms with Gasteiger partial charge in [0.25, 0.3) is 11.8 Å². The van der Waals surface area contributed by atoms with Gasteiger partial charge in [-0.25, -0.2) is 0 Å². The van der Waals surface area contributed by atoms with Gasteiger partial charge in [0.1, 0.15) is 11.5 Å². The Kier molecular flexibility index (Phi) is 11.1. The number of rotatable bonds is 11. The van der Waals surface area contributed by atoms with E-state index in [4.69, 9.17) is 11.6 Å². The van der Waals surface area contributed by atoms with E-state index in [0.29, 0.717) is 42.0 Å². The number of nitrogens with zero attached hydrogens (tertiary/aromatic N) is 3. The molecule has 1 aliphatic rings. The van der Waals surface area contributed by atoms with Crippen molar-refractivity contribution < 1.29 is 14.4 Å². The number of carbonyl (C=O) groups excluding carboxylic acids is 3. The van der Waals surface area contributed by atoms with Gasteiger partial charge in [0.15, 0.2) is 0 Å². The largest absolute Gasteiger partial charge is 0.355 e. The third-order valence-electron chi connectivity index (χ3n) is 7.42. The molecule has 0 saturated carbocycles. The minimum Gasteiger partial charge on any atom is -0.355 e. The fourth-order valence-electron chi connectivity index (χ4n) is 5.18. The van der Waals surface area contributed by atoms with Crippen molar-refractivity contribution in [3.05, 3.63) is 125 Å². The Bertz CT molecular complexity index is 1740. The summed E-state index contributed by atoms with van der Waals surface area (Å²) < 4.78 is 0. The first-order valence-corrected chi connectivity index (χ1v) is 15.1. The predicted molar refractivity (Wildman–Crippen MR) is 180 cm³/mol. The monoisotopic (exact) mass is 632 g/mol. The molecule has 4 rings (SSSR count). The zero-order valence-corrected chi connectivity index (χ0v) is 26.3. The molecular weight excluding hydrogens is 600 g/mol. The topological polar surface area (TPSA) is 138 Å². The van der Waals surface area contributed by atoms with Crippen molar-refractivity contribution in [1.82, 2.24) is 5.32 Å². The van der Waals surface area contributed by atoms with Crippen LogP contribution in [0.25, 0.3) is 0 Å². The number of para-hydroxylation sites is 1. The van der Waals surface area contributed by atoms with E-state index in [0.717, 1.165) is 16.9 Å². The first-order chi connectivity index (χ1) is 22.2. The highest BCUT2D eigenvalue weighted by Crippen LogP contribution is 2.47. The number of hydrogen-bond acceptors (Lipinski definition) is 6. The summed E-state index contributed by atoms with van der Waals surface area (Å²) in [6, 6.07) is 25.0. The van der Waals surface area contributed by atoms with Crippen molar-refractivity contribution >= 4 is 46.4 Å². The van der Waals surface area contributed by atoms with Crippen LogP contribution in [0.2, 0.25) is 0 Å². The highest BCUT2D eigenvalue weighted by Gasteiger charge is 2.39.